The molecule has 0 N–H and O–H groups in total. The van der Waals surface area contributed by atoms with Gasteiger partial charge in [-0.2, -0.15) is 0 Å². The minimum Gasteiger partial charge on any atom is -0.463 e. The van der Waals surface area contributed by atoms with Crippen molar-refractivity contribution < 1.29 is 14.3 Å². The molecule has 0 radical (unpaired) electrons. The fraction of sp³-hybridized carbons (Fsp3) is 0.636. The second-order valence-corrected chi connectivity index (χ2v) is 3.98. The molecular weight excluding hydrogens is 180 g/mol. The van der Waals surface area contributed by atoms with Gasteiger partial charge in [-0.3, -0.25) is 4.79 Å². The van der Waals surface area contributed by atoms with E-state index < -0.39 is 0 Å². The maximum Gasteiger partial charge on any atom is 0.334 e. The summed E-state index contributed by atoms with van der Waals surface area (Å²) in [5.74, 6) is 0.670. The molecule has 2 unspecified atom stereocenters. The molecule has 3 nitrogen and oxygen atoms in total. The van der Waals surface area contributed by atoms with Crippen molar-refractivity contribution in [2.75, 3.05) is 6.61 Å². The second kappa shape index (κ2) is 3.23. The van der Waals surface area contributed by atoms with Gasteiger partial charge in [0.15, 0.2) is 5.78 Å². The molecule has 2 aliphatic carbocycles. The summed E-state index contributed by atoms with van der Waals surface area (Å²) in [6.07, 6.45) is 1.83. The first-order chi connectivity index (χ1) is 6.65. The normalized spacial score (nSPS) is 28.7. The Balaban J connectivity index is 2.22. The number of carbonyl (C=O) groups is 2. The fourth-order valence-electron chi connectivity index (χ4n) is 2.31. The van der Waals surface area contributed by atoms with Crippen molar-refractivity contribution in [1.29, 1.82) is 0 Å². The van der Waals surface area contributed by atoms with Crippen molar-refractivity contribution in [2.45, 2.75) is 26.7 Å². The Hall–Kier alpha value is -1.12. The topological polar surface area (TPSA) is 43.4 Å². The van der Waals surface area contributed by atoms with E-state index >= 15 is 0 Å². The molecule has 0 aromatic rings. The molecule has 0 saturated heterocycles. The van der Waals surface area contributed by atoms with E-state index in [0.29, 0.717) is 24.0 Å². The van der Waals surface area contributed by atoms with Crippen molar-refractivity contribution in [3.8, 4) is 0 Å². The molecule has 1 fully saturated rings. The van der Waals surface area contributed by atoms with Crippen LogP contribution in [0.3, 0.4) is 0 Å². The van der Waals surface area contributed by atoms with Crippen molar-refractivity contribution in [3.63, 3.8) is 0 Å². The lowest BCUT2D eigenvalue weighted by Crippen LogP contribution is -2.11. The molecule has 0 amide bonds. The summed E-state index contributed by atoms with van der Waals surface area (Å²) in [6.45, 7) is 3.69. The van der Waals surface area contributed by atoms with E-state index in [9.17, 15) is 9.59 Å². The molecule has 2 rings (SSSR count). The Labute approximate surface area is 83.1 Å². The third-order valence-corrected chi connectivity index (χ3v) is 2.99. The highest BCUT2D eigenvalue weighted by Gasteiger charge is 2.50. The number of ketones is 1. The SMILES string of the molecule is CCOC(=O)C1=C(C(C)=O)C2CC2C1. The van der Waals surface area contributed by atoms with E-state index in [4.69, 9.17) is 4.74 Å². The van der Waals surface area contributed by atoms with Crippen LogP contribution >= 0.6 is 0 Å². The molecule has 0 spiro atoms. The Morgan fingerprint density at radius 2 is 2.21 bits per heavy atom. The first kappa shape index (κ1) is 9.44. The number of hydrogen-bond donors (Lipinski definition) is 0. The zero-order chi connectivity index (χ0) is 10.3. The zero-order valence-corrected chi connectivity index (χ0v) is 8.50. The highest BCUT2D eigenvalue weighted by Crippen LogP contribution is 2.55. The summed E-state index contributed by atoms with van der Waals surface area (Å²) in [6, 6.07) is 0. The minimum atomic E-state index is -0.287. The summed E-state index contributed by atoms with van der Waals surface area (Å²) in [5.41, 5.74) is 1.38. The van der Waals surface area contributed by atoms with Crippen molar-refractivity contribution >= 4 is 11.8 Å². The van der Waals surface area contributed by atoms with Gasteiger partial charge in [0.05, 0.1) is 6.61 Å². The maximum atomic E-state index is 11.5. The molecule has 0 aromatic heterocycles. The van der Waals surface area contributed by atoms with Crippen molar-refractivity contribution in [2.24, 2.45) is 11.8 Å². The van der Waals surface area contributed by atoms with Gasteiger partial charge >= 0.3 is 5.97 Å². The molecule has 1 saturated carbocycles. The van der Waals surface area contributed by atoms with Gasteiger partial charge in [0.2, 0.25) is 0 Å². The van der Waals surface area contributed by atoms with E-state index in [-0.39, 0.29) is 11.8 Å². The quantitative estimate of drug-likeness (QED) is 0.639. The molecule has 0 aromatic carbocycles. The highest BCUT2D eigenvalue weighted by molar-refractivity contribution is 6.04. The van der Waals surface area contributed by atoms with Crippen LogP contribution in [-0.2, 0) is 14.3 Å². The molecule has 0 heterocycles. The Kier molecular flexibility index (Phi) is 2.17. The van der Waals surface area contributed by atoms with Crippen LogP contribution < -0.4 is 0 Å². The maximum absolute atomic E-state index is 11.5. The minimum absolute atomic E-state index is 0.0399. The van der Waals surface area contributed by atoms with E-state index in [1.807, 2.05) is 0 Å². The predicted octanol–water partition coefficient (Wildman–Crippen LogP) is 1.47. The number of hydrogen-bond acceptors (Lipinski definition) is 3. The second-order valence-electron chi connectivity index (χ2n) is 3.98. The highest BCUT2D eigenvalue weighted by atomic mass is 16.5. The van der Waals surface area contributed by atoms with Crippen LogP contribution in [0.4, 0.5) is 0 Å². The molecule has 0 aliphatic heterocycles. The van der Waals surface area contributed by atoms with E-state index in [2.05, 4.69) is 0 Å². The predicted molar refractivity (Wildman–Crippen MR) is 50.6 cm³/mol. The molecule has 76 valence electrons. The Morgan fingerprint density at radius 3 is 2.79 bits per heavy atom. The van der Waals surface area contributed by atoms with Crippen LogP contribution in [0, 0.1) is 11.8 Å². The van der Waals surface area contributed by atoms with Crippen LogP contribution in [-0.4, -0.2) is 18.4 Å². The van der Waals surface area contributed by atoms with Gasteiger partial charge in [-0.15, -0.1) is 0 Å². The van der Waals surface area contributed by atoms with Gasteiger partial charge in [-0.05, 0) is 38.5 Å². The third-order valence-electron chi connectivity index (χ3n) is 2.99. The largest absolute Gasteiger partial charge is 0.463 e. The van der Waals surface area contributed by atoms with Crippen molar-refractivity contribution in [3.05, 3.63) is 11.1 Å². The average molecular weight is 194 g/mol. The van der Waals surface area contributed by atoms with Crippen LogP contribution in [0.1, 0.15) is 26.7 Å². The number of allylic oxidation sites excluding steroid dienone is 1. The summed E-state index contributed by atoms with van der Waals surface area (Å²) >= 11 is 0. The molecule has 3 heteroatoms. The standard InChI is InChI=1S/C11H14O3/c1-3-14-11(13)9-5-7-4-8(7)10(9)6(2)12/h7-8H,3-5H2,1-2H3. The number of esters is 1. The average Bonchev–Trinajstić information content (AvgIpc) is 2.76. The van der Waals surface area contributed by atoms with Crippen LogP contribution in [0.25, 0.3) is 0 Å². The van der Waals surface area contributed by atoms with Crippen molar-refractivity contribution in [1.82, 2.24) is 0 Å². The molecule has 2 aliphatic rings. The lowest BCUT2D eigenvalue weighted by atomic mass is 10.0. The monoisotopic (exact) mass is 194 g/mol. The van der Waals surface area contributed by atoms with Gasteiger partial charge in [0.1, 0.15) is 0 Å². The van der Waals surface area contributed by atoms with E-state index in [0.717, 1.165) is 18.4 Å². The lowest BCUT2D eigenvalue weighted by molar-refractivity contribution is -0.139. The van der Waals surface area contributed by atoms with Crippen LogP contribution in [0.5, 0.6) is 0 Å². The van der Waals surface area contributed by atoms with Gasteiger partial charge < -0.3 is 4.74 Å². The first-order valence-electron chi connectivity index (χ1n) is 5.06. The molecule has 2 atom stereocenters. The lowest BCUT2D eigenvalue weighted by Gasteiger charge is -2.06. The summed E-state index contributed by atoms with van der Waals surface area (Å²) in [5, 5.41) is 0. The Bertz CT molecular complexity index is 327. The fourth-order valence-corrected chi connectivity index (χ4v) is 2.31. The molecular formula is C11H14O3. The number of fused-ring (bicyclic) bond motifs is 1. The smallest absolute Gasteiger partial charge is 0.334 e. The van der Waals surface area contributed by atoms with Crippen LogP contribution in [0.15, 0.2) is 11.1 Å². The van der Waals surface area contributed by atoms with Gasteiger partial charge in [0, 0.05) is 11.1 Å². The number of carbonyl (C=O) groups excluding carboxylic acids is 2. The molecule has 0 bridgehead atoms. The van der Waals surface area contributed by atoms with Gasteiger partial charge in [-0.25, -0.2) is 4.79 Å². The van der Waals surface area contributed by atoms with Gasteiger partial charge in [0.25, 0.3) is 0 Å². The molecule has 14 heavy (non-hydrogen) atoms. The Morgan fingerprint density at radius 1 is 1.50 bits per heavy atom. The summed E-state index contributed by atoms with van der Waals surface area (Å²) in [7, 11) is 0. The summed E-state index contributed by atoms with van der Waals surface area (Å²) < 4.78 is 4.93. The number of Topliss-reactive ketones (excluding diaryl/α,β-unsaturated/α-hetero) is 1. The first-order valence-corrected chi connectivity index (χ1v) is 5.06. The third kappa shape index (κ3) is 1.37. The number of ether oxygens (including phenoxy) is 1. The summed E-state index contributed by atoms with van der Waals surface area (Å²) in [4.78, 5) is 22.8. The van der Waals surface area contributed by atoms with E-state index in [1.165, 1.54) is 6.92 Å². The number of rotatable bonds is 3. The van der Waals surface area contributed by atoms with Gasteiger partial charge in [-0.1, -0.05) is 0 Å². The van der Waals surface area contributed by atoms with Crippen LogP contribution in [0.2, 0.25) is 0 Å². The zero-order valence-electron chi connectivity index (χ0n) is 8.50. The van der Waals surface area contributed by atoms with E-state index in [1.54, 1.807) is 6.92 Å².